The van der Waals surface area contributed by atoms with Gasteiger partial charge >= 0.3 is 5.97 Å². The normalized spacial score (nSPS) is 26.1. The molecule has 0 saturated carbocycles. The van der Waals surface area contributed by atoms with Crippen molar-refractivity contribution in [1.82, 2.24) is 10.2 Å². The van der Waals surface area contributed by atoms with Gasteiger partial charge in [-0.15, -0.1) is 23.1 Å². The molecular weight excluding hydrogens is 404 g/mol. The Morgan fingerprint density at radius 3 is 2.83 bits per heavy atom. The molecule has 1 fully saturated rings. The van der Waals surface area contributed by atoms with E-state index in [0.29, 0.717) is 10.9 Å². The Labute approximate surface area is 149 Å². The number of halogens is 1. The molecule has 3 atom stereocenters. The number of carbonyl (C=O) groups excluding carboxylic acids is 2. The summed E-state index contributed by atoms with van der Waals surface area (Å²) in [5, 5.41) is 15.8. The number of rotatable bonds is 5. The van der Waals surface area contributed by atoms with Crippen molar-refractivity contribution in [3.63, 3.8) is 0 Å². The lowest BCUT2D eigenvalue weighted by Crippen LogP contribution is -2.74. The number of nitrogens with one attached hydrogen (secondary N) is 1. The van der Waals surface area contributed by atoms with E-state index in [2.05, 4.69) is 21.2 Å². The number of nitrogens with zero attached hydrogens (tertiary/aromatic N) is 1. The number of carboxylic acid groups (broad SMARTS) is 1. The van der Waals surface area contributed by atoms with Crippen molar-refractivity contribution in [3.05, 3.63) is 33.4 Å². The minimum Gasteiger partial charge on any atom is -0.479 e. The van der Waals surface area contributed by atoms with Gasteiger partial charge in [0.1, 0.15) is 11.4 Å². The van der Waals surface area contributed by atoms with Crippen molar-refractivity contribution in [3.8, 4) is 0 Å². The number of hydrogen-bond donors (Lipinski definition) is 2. The van der Waals surface area contributed by atoms with Gasteiger partial charge in [-0.2, -0.15) is 0 Å². The predicted molar refractivity (Wildman–Crippen MR) is 91.5 cm³/mol. The number of aliphatic carboxylic acids is 1. The third-order valence-corrected chi connectivity index (χ3v) is 6.43. The lowest BCUT2D eigenvalue weighted by molar-refractivity contribution is -0.160. The summed E-state index contributed by atoms with van der Waals surface area (Å²) >= 11 is 6.10. The van der Waals surface area contributed by atoms with Crippen LogP contribution in [0, 0.1) is 0 Å². The monoisotopic (exact) mass is 416 g/mol. The molecule has 0 aliphatic carbocycles. The number of β-lactam (4-membered cyclic amide) rings is 1. The molecule has 3 heterocycles. The van der Waals surface area contributed by atoms with Gasteiger partial charge in [0.15, 0.2) is 6.04 Å². The van der Waals surface area contributed by atoms with Gasteiger partial charge in [-0.3, -0.25) is 9.59 Å². The first-order valence-corrected chi connectivity index (χ1v) is 9.74. The number of thiophene rings is 1. The van der Waals surface area contributed by atoms with Crippen molar-refractivity contribution in [2.75, 3.05) is 5.33 Å². The van der Waals surface area contributed by atoms with Crippen LogP contribution < -0.4 is 5.32 Å². The number of thioether (sulfide) groups is 1. The van der Waals surface area contributed by atoms with E-state index in [1.807, 2.05) is 17.5 Å². The van der Waals surface area contributed by atoms with Crippen LogP contribution in [0.1, 0.15) is 4.88 Å². The molecule has 2 unspecified atom stereocenters. The minimum absolute atomic E-state index is 0.226. The van der Waals surface area contributed by atoms with E-state index >= 15 is 0 Å². The molecule has 0 radical (unpaired) electrons. The number of amides is 2. The number of carbonyl (C=O) groups is 3. The average molecular weight is 417 g/mol. The number of fused-ring (bicyclic) bond motifs is 1. The van der Waals surface area contributed by atoms with E-state index in [9.17, 15) is 19.5 Å². The molecule has 1 saturated heterocycles. The molecule has 6 nitrogen and oxygen atoms in total. The summed E-state index contributed by atoms with van der Waals surface area (Å²) in [5.74, 6) is -1.63. The number of hydrogen-bond acceptors (Lipinski definition) is 5. The molecule has 1 aromatic heterocycles. The first kappa shape index (κ1) is 16.5. The summed E-state index contributed by atoms with van der Waals surface area (Å²) in [4.78, 5) is 38.1. The number of alkyl halides is 1. The Morgan fingerprint density at radius 1 is 1.43 bits per heavy atom. The SMILES string of the molecule is O=C(Cc1cccs1)NC1C(=O)N2C(C(=O)O)C(CBr)=CS[C@@H]12. The second-order valence-corrected chi connectivity index (χ2v) is 7.72. The highest BCUT2D eigenvalue weighted by Gasteiger charge is 2.55. The Hall–Kier alpha value is -1.32. The van der Waals surface area contributed by atoms with Crippen LogP contribution >= 0.6 is 39.0 Å². The highest BCUT2D eigenvalue weighted by atomic mass is 79.9. The van der Waals surface area contributed by atoms with Gasteiger partial charge in [-0.1, -0.05) is 22.0 Å². The Bertz CT molecular complexity index is 676. The molecule has 0 bridgehead atoms. The Morgan fingerprint density at radius 2 is 2.22 bits per heavy atom. The summed E-state index contributed by atoms with van der Waals surface area (Å²) in [7, 11) is 0. The summed E-state index contributed by atoms with van der Waals surface area (Å²) in [6, 6.07) is 2.10. The fourth-order valence-electron chi connectivity index (χ4n) is 2.62. The molecule has 23 heavy (non-hydrogen) atoms. The van der Waals surface area contributed by atoms with Crippen LogP contribution in [0.25, 0.3) is 0 Å². The third kappa shape index (κ3) is 3.05. The van der Waals surface area contributed by atoms with E-state index < -0.39 is 18.1 Å². The first-order chi connectivity index (χ1) is 11.0. The van der Waals surface area contributed by atoms with Crippen LogP contribution in [0.15, 0.2) is 28.5 Å². The maximum atomic E-state index is 12.3. The van der Waals surface area contributed by atoms with E-state index in [-0.39, 0.29) is 23.6 Å². The Kier molecular flexibility index (Phi) is 4.79. The van der Waals surface area contributed by atoms with Crippen molar-refractivity contribution in [2.45, 2.75) is 23.9 Å². The van der Waals surface area contributed by atoms with Gasteiger partial charge in [-0.05, 0) is 22.4 Å². The second-order valence-electron chi connectivity index (χ2n) is 5.14. The third-order valence-electron chi connectivity index (χ3n) is 3.69. The van der Waals surface area contributed by atoms with Crippen LogP contribution in [0.5, 0.6) is 0 Å². The van der Waals surface area contributed by atoms with E-state index in [1.165, 1.54) is 28.0 Å². The Balaban J connectivity index is 1.68. The van der Waals surface area contributed by atoms with Crippen molar-refractivity contribution < 1.29 is 19.5 Å². The van der Waals surface area contributed by atoms with Crippen LogP contribution in [0.2, 0.25) is 0 Å². The van der Waals surface area contributed by atoms with Crippen LogP contribution in [0.4, 0.5) is 0 Å². The first-order valence-electron chi connectivity index (χ1n) is 6.80. The molecule has 1 aromatic rings. The zero-order valence-electron chi connectivity index (χ0n) is 11.8. The highest BCUT2D eigenvalue weighted by Crippen LogP contribution is 2.40. The fraction of sp³-hybridized carbons (Fsp3) is 0.357. The molecule has 122 valence electrons. The molecule has 9 heteroatoms. The quantitative estimate of drug-likeness (QED) is 0.559. The lowest BCUT2D eigenvalue weighted by Gasteiger charge is -2.51. The predicted octanol–water partition coefficient (Wildman–Crippen LogP) is 1.42. The average Bonchev–Trinajstić information content (AvgIpc) is 3.03. The summed E-state index contributed by atoms with van der Waals surface area (Å²) in [6.45, 7) is 0. The standard InChI is InChI=1S/C14H13BrN2O4S2/c15-5-7-6-23-13-10(12(19)17(13)11(7)14(20)21)16-9(18)4-8-2-1-3-22-8/h1-3,6,10-11,13H,4-5H2,(H,16,18)(H,20,21)/t10?,11?,13-/m0/s1. The van der Waals surface area contributed by atoms with Crippen LogP contribution in [-0.2, 0) is 20.8 Å². The minimum atomic E-state index is -1.06. The maximum Gasteiger partial charge on any atom is 0.330 e. The van der Waals surface area contributed by atoms with Crippen molar-refractivity contribution in [1.29, 1.82) is 0 Å². The fourth-order valence-corrected chi connectivity index (χ4v) is 5.23. The number of carboxylic acids is 1. The smallest absolute Gasteiger partial charge is 0.330 e. The van der Waals surface area contributed by atoms with Crippen molar-refractivity contribution in [2.24, 2.45) is 0 Å². The van der Waals surface area contributed by atoms with Crippen LogP contribution in [-0.4, -0.2) is 50.6 Å². The molecule has 2 aliphatic heterocycles. The van der Waals surface area contributed by atoms with E-state index in [4.69, 9.17) is 0 Å². The van der Waals surface area contributed by atoms with E-state index in [0.717, 1.165) is 4.88 Å². The molecule has 2 amide bonds. The largest absolute Gasteiger partial charge is 0.479 e. The van der Waals surface area contributed by atoms with Gasteiger partial charge in [-0.25, -0.2) is 4.79 Å². The second kappa shape index (κ2) is 6.66. The summed E-state index contributed by atoms with van der Waals surface area (Å²) in [6.07, 6.45) is 0.226. The van der Waals surface area contributed by atoms with Crippen LogP contribution in [0.3, 0.4) is 0 Å². The zero-order chi connectivity index (χ0) is 16.6. The van der Waals surface area contributed by atoms with Gasteiger partial charge < -0.3 is 15.3 Å². The molecule has 0 aromatic carbocycles. The molecule has 0 spiro atoms. The summed E-state index contributed by atoms with van der Waals surface area (Å²) < 4.78 is 0. The van der Waals surface area contributed by atoms with Gasteiger partial charge in [0.25, 0.3) is 0 Å². The highest BCUT2D eigenvalue weighted by molar-refractivity contribution is 9.09. The topological polar surface area (TPSA) is 86.7 Å². The zero-order valence-corrected chi connectivity index (χ0v) is 15.0. The van der Waals surface area contributed by atoms with Gasteiger partial charge in [0.2, 0.25) is 11.8 Å². The van der Waals surface area contributed by atoms with Crippen molar-refractivity contribution >= 4 is 56.8 Å². The maximum absolute atomic E-state index is 12.3. The lowest BCUT2D eigenvalue weighted by atomic mass is 9.99. The van der Waals surface area contributed by atoms with Gasteiger partial charge in [0, 0.05) is 10.2 Å². The summed E-state index contributed by atoms with van der Waals surface area (Å²) in [5.41, 5.74) is 0.635. The van der Waals surface area contributed by atoms with Gasteiger partial charge in [0.05, 0.1) is 6.42 Å². The molecule has 2 aliphatic rings. The molecule has 2 N–H and O–H groups in total. The molecule has 3 rings (SSSR count). The molecular formula is C14H13BrN2O4S2. The van der Waals surface area contributed by atoms with E-state index in [1.54, 1.807) is 5.41 Å².